The highest BCUT2D eigenvalue weighted by Crippen LogP contribution is 2.42. The number of nitrogens with zero attached hydrogens (tertiary/aromatic N) is 1. The minimum absolute atomic E-state index is 0.0329. The number of carbonyl (C=O) groups excluding carboxylic acids is 1. The smallest absolute Gasteiger partial charge is 0.235 e. The molecule has 2 aromatic rings. The normalized spacial score (nSPS) is 19.2. The van der Waals surface area contributed by atoms with Crippen LogP contribution < -0.4 is 5.32 Å². The number of nitrogens with one attached hydrogen (secondary N) is 1. The van der Waals surface area contributed by atoms with Crippen molar-refractivity contribution in [3.63, 3.8) is 0 Å². The molecule has 0 aromatic heterocycles. The minimum Gasteiger partial charge on any atom is -0.325 e. The van der Waals surface area contributed by atoms with Crippen LogP contribution >= 0.6 is 11.8 Å². The first-order valence-electron chi connectivity index (χ1n) is 10.5. The maximum atomic E-state index is 13.4. The van der Waals surface area contributed by atoms with Gasteiger partial charge in [-0.15, -0.1) is 0 Å². The average molecular weight is 413 g/mol. The van der Waals surface area contributed by atoms with Crippen molar-refractivity contribution < 1.29 is 9.18 Å². The van der Waals surface area contributed by atoms with Gasteiger partial charge in [0.05, 0.1) is 5.41 Å². The predicted molar refractivity (Wildman–Crippen MR) is 119 cm³/mol. The van der Waals surface area contributed by atoms with Gasteiger partial charge in [-0.05, 0) is 54.7 Å². The number of hydrogen-bond acceptors (Lipinski definition) is 3. The molecule has 2 aromatic carbocycles. The molecule has 1 amide bonds. The largest absolute Gasteiger partial charge is 0.325 e. The lowest BCUT2D eigenvalue weighted by molar-refractivity contribution is -0.121. The Morgan fingerprint density at radius 3 is 2.45 bits per heavy atom. The van der Waals surface area contributed by atoms with Gasteiger partial charge in [0.1, 0.15) is 5.82 Å². The lowest BCUT2D eigenvalue weighted by Gasteiger charge is -2.29. The molecule has 2 fully saturated rings. The van der Waals surface area contributed by atoms with Gasteiger partial charge < -0.3 is 5.32 Å². The summed E-state index contributed by atoms with van der Waals surface area (Å²) in [5.41, 5.74) is 3.63. The Morgan fingerprint density at radius 2 is 1.79 bits per heavy atom. The standard InChI is InChI=1S/C24H29FN2OS/c1-18-16-19(17-27-12-14-29-15-13-27)4-9-22(18)26-23(28)24(10-2-3-11-24)20-5-7-21(25)8-6-20/h4-9,16H,2-3,10-15,17H2,1H3,(H,26,28). The summed E-state index contributed by atoms with van der Waals surface area (Å²) in [6, 6.07) is 12.8. The zero-order chi connectivity index (χ0) is 20.3. The van der Waals surface area contributed by atoms with Crippen LogP contribution in [0.5, 0.6) is 0 Å². The number of anilines is 1. The van der Waals surface area contributed by atoms with Crippen LogP contribution in [0.25, 0.3) is 0 Å². The van der Waals surface area contributed by atoms with E-state index in [1.54, 1.807) is 12.1 Å². The molecule has 154 valence electrons. The molecule has 0 bridgehead atoms. The number of amides is 1. The number of aryl methyl sites for hydroxylation is 1. The maximum Gasteiger partial charge on any atom is 0.235 e. The van der Waals surface area contributed by atoms with Crippen molar-refractivity contribution in [3.8, 4) is 0 Å². The molecule has 3 nitrogen and oxygen atoms in total. The number of hydrogen-bond donors (Lipinski definition) is 1. The summed E-state index contributed by atoms with van der Waals surface area (Å²) in [7, 11) is 0. The van der Waals surface area contributed by atoms with Crippen molar-refractivity contribution in [2.24, 2.45) is 0 Å². The summed E-state index contributed by atoms with van der Waals surface area (Å²) >= 11 is 2.02. The molecule has 1 N–H and O–H groups in total. The van der Waals surface area contributed by atoms with E-state index in [0.29, 0.717) is 0 Å². The summed E-state index contributed by atoms with van der Waals surface area (Å²) in [6.45, 7) is 5.31. The molecule has 1 saturated heterocycles. The highest BCUT2D eigenvalue weighted by atomic mass is 32.2. The number of carbonyl (C=O) groups is 1. The van der Waals surface area contributed by atoms with Crippen LogP contribution in [-0.4, -0.2) is 35.4 Å². The van der Waals surface area contributed by atoms with Crippen LogP contribution in [-0.2, 0) is 16.8 Å². The van der Waals surface area contributed by atoms with Crippen molar-refractivity contribution in [2.45, 2.75) is 44.6 Å². The predicted octanol–water partition coefficient (Wildman–Crippen LogP) is 5.13. The first kappa shape index (κ1) is 20.4. The van der Waals surface area contributed by atoms with Crippen LogP contribution in [0.4, 0.5) is 10.1 Å². The zero-order valence-electron chi connectivity index (χ0n) is 17.0. The Hall–Kier alpha value is -1.85. The quantitative estimate of drug-likeness (QED) is 0.739. The molecule has 0 unspecified atom stereocenters. The van der Waals surface area contributed by atoms with E-state index in [4.69, 9.17) is 0 Å². The molecule has 1 saturated carbocycles. The molecule has 1 aliphatic carbocycles. The fourth-order valence-corrected chi connectivity index (χ4v) is 5.60. The van der Waals surface area contributed by atoms with Crippen LogP contribution in [0, 0.1) is 12.7 Å². The molecule has 0 radical (unpaired) electrons. The second-order valence-electron chi connectivity index (χ2n) is 8.29. The van der Waals surface area contributed by atoms with Gasteiger partial charge in [-0.3, -0.25) is 9.69 Å². The van der Waals surface area contributed by atoms with Crippen LogP contribution in [0.1, 0.15) is 42.4 Å². The van der Waals surface area contributed by atoms with E-state index >= 15 is 0 Å². The van der Waals surface area contributed by atoms with E-state index < -0.39 is 5.41 Å². The summed E-state index contributed by atoms with van der Waals surface area (Å²) in [6.07, 6.45) is 3.68. The van der Waals surface area contributed by atoms with E-state index in [2.05, 4.69) is 29.3 Å². The van der Waals surface area contributed by atoms with E-state index in [9.17, 15) is 9.18 Å². The number of benzene rings is 2. The van der Waals surface area contributed by atoms with Gasteiger partial charge in [0.15, 0.2) is 0 Å². The Labute approximate surface area is 177 Å². The molecule has 4 rings (SSSR count). The van der Waals surface area contributed by atoms with Crippen molar-refractivity contribution in [1.29, 1.82) is 0 Å². The van der Waals surface area contributed by atoms with Gasteiger partial charge in [0.2, 0.25) is 5.91 Å². The van der Waals surface area contributed by atoms with Crippen LogP contribution in [0.3, 0.4) is 0 Å². The first-order chi connectivity index (χ1) is 14.1. The van der Waals surface area contributed by atoms with Gasteiger partial charge in [0.25, 0.3) is 0 Å². The number of rotatable bonds is 5. The Bertz CT molecular complexity index is 856. The molecule has 2 aliphatic rings. The second-order valence-corrected chi connectivity index (χ2v) is 9.51. The number of halogens is 1. The van der Waals surface area contributed by atoms with E-state index in [0.717, 1.165) is 62.1 Å². The topological polar surface area (TPSA) is 32.3 Å². The van der Waals surface area contributed by atoms with E-state index in [1.807, 2.05) is 17.8 Å². The fraction of sp³-hybridized carbons (Fsp3) is 0.458. The Kier molecular flexibility index (Phi) is 6.26. The highest BCUT2D eigenvalue weighted by molar-refractivity contribution is 7.99. The molecule has 0 spiro atoms. The second kappa shape index (κ2) is 8.88. The zero-order valence-corrected chi connectivity index (χ0v) is 17.9. The van der Waals surface area contributed by atoms with Gasteiger partial charge in [-0.2, -0.15) is 11.8 Å². The molecule has 5 heteroatoms. The van der Waals surface area contributed by atoms with Crippen molar-refractivity contribution >= 4 is 23.4 Å². The molecule has 1 aliphatic heterocycles. The third-order valence-electron chi connectivity index (χ3n) is 6.34. The van der Waals surface area contributed by atoms with Crippen molar-refractivity contribution in [2.75, 3.05) is 29.9 Å². The first-order valence-corrected chi connectivity index (χ1v) is 11.7. The highest BCUT2D eigenvalue weighted by Gasteiger charge is 2.42. The van der Waals surface area contributed by atoms with Crippen LogP contribution in [0.15, 0.2) is 42.5 Å². The summed E-state index contributed by atoms with van der Waals surface area (Å²) < 4.78 is 13.4. The minimum atomic E-state index is -0.551. The molecular formula is C24H29FN2OS. The SMILES string of the molecule is Cc1cc(CN2CCSCC2)ccc1NC(=O)C1(c2ccc(F)cc2)CCCC1. The maximum absolute atomic E-state index is 13.4. The Balaban J connectivity index is 1.50. The third-order valence-corrected chi connectivity index (χ3v) is 7.28. The van der Waals surface area contributed by atoms with Gasteiger partial charge in [-0.25, -0.2) is 4.39 Å². The lowest BCUT2D eigenvalue weighted by Crippen LogP contribution is -2.38. The monoisotopic (exact) mass is 412 g/mol. The summed E-state index contributed by atoms with van der Waals surface area (Å²) in [5, 5.41) is 3.19. The molecule has 0 atom stereocenters. The van der Waals surface area contributed by atoms with Gasteiger partial charge in [-0.1, -0.05) is 37.1 Å². The molecule has 1 heterocycles. The van der Waals surface area contributed by atoms with E-state index in [1.165, 1.54) is 29.2 Å². The molecular weight excluding hydrogens is 383 g/mol. The van der Waals surface area contributed by atoms with Crippen molar-refractivity contribution in [3.05, 3.63) is 65.0 Å². The fourth-order valence-electron chi connectivity index (χ4n) is 4.62. The lowest BCUT2D eigenvalue weighted by atomic mass is 9.78. The van der Waals surface area contributed by atoms with Crippen LogP contribution in [0.2, 0.25) is 0 Å². The summed E-state index contributed by atoms with van der Waals surface area (Å²) in [4.78, 5) is 15.9. The van der Waals surface area contributed by atoms with E-state index in [-0.39, 0.29) is 11.7 Å². The van der Waals surface area contributed by atoms with Gasteiger partial charge >= 0.3 is 0 Å². The average Bonchev–Trinajstić information content (AvgIpc) is 3.22. The van der Waals surface area contributed by atoms with Crippen molar-refractivity contribution in [1.82, 2.24) is 4.90 Å². The molecule has 29 heavy (non-hydrogen) atoms. The summed E-state index contributed by atoms with van der Waals surface area (Å²) in [5.74, 6) is 2.18. The Morgan fingerprint density at radius 1 is 1.10 bits per heavy atom. The number of thioether (sulfide) groups is 1. The van der Waals surface area contributed by atoms with Gasteiger partial charge in [0, 0.05) is 36.8 Å². The third kappa shape index (κ3) is 4.51.